The molecule has 11 nitrogen and oxygen atoms in total. The van der Waals surface area contributed by atoms with Gasteiger partial charge in [0.2, 0.25) is 24.0 Å². The van der Waals surface area contributed by atoms with Gasteiger partial charge in [-0.3, -0.25) is 24.0 Å². The maximum absolute atomic E-state index is 14.5. The SMILES string of the molecule is CC(=O)Nc1ccc(C(=O)N[C@@H](C)C(=O)N2CC(F)(F)C[C@H]2C(=O)NC2CC(=O)OC2OCC2CCCC2)cc1Cl. The molecule has 4 rings (SSSR count). The van der Waals surface area contributed by atoms with E-state index in [1.807, 2.05) is 0 Å². The number of benzene rings is 1. The van der Waals surface area contributed by atoms with Crippen molar-refractivity contribution in [2.75, 3.05) is 18.5 Å². The fourth-order valence-electron chi connectivity index (χ4n) is 5.31. The molecule has 3 aliphatic rings. The molecule has 224 valence electrons. The molecule has 1 saturated carbocycles. The molecule has 0 aromatic heterocycles. The number of carbonyl (C=O) groups is 5. The molecule has 41 heavy (non-hydrogen) atoms. The smallest absolute Gasteiger partial charge is 0.310 e. The van der Waals surface area contributed by atoms with Crippen molar-refractivity contribution in [2.24, 2.45) is 5.92 Å². The Morgan fingerprint density at radius 2 is 1.93 bits per heavy atom. The number of carbonyl (C=O) groups excluding carboxylic acids is 5. The van der Waals surface area contributed by atoms with Gasteiger partial charge in [0.25, 0.3) is 11.8 Å². The summed E-state index contributed by atoms with van der Waals surface area (Å²) in [7, 11) is 0. The molecule has 1 aromatic carbocycles. The minimum absolute atomic E-state index is 0.0688. The second-order valence-corrected chi connectivity index (χ2v) is 11.2. The van der Waals surface area contributed by atoms with Gasteiger partial charge in [-0.25, -0.2) is 8.78 Å². The van der Waals surface area contributed by atoms with Crippen molar-refractivity contribution in [2.45, 2.75) is 82.7 Å². The van der Waals surface area contributed by atoms with Crippen LogP contribution in [-0.4, -0.2) is 78.0 Å². The highest BCUT2D eigenvalue weighted by Crippen LogP contribution is 2.33. The van der Waals surface area contributed by atoms with Crippen molar-refractivity contribution in [3.05, 3.63) is 28.8 Å². The zero-order valence-corrected chi connectivity index (χ0v) is 23.5. The Morgan fingerprint density at radius 1 is 1.22 bits per heavy atom. The normalized spacial score (nSPS) is 24.6. The Balaban J connectivity index is 1.38. The summed E-state index contributed by atoms with van der Waals surface area (Å²) in [6, 6.07) is 0.392. The van der Waals surface area contributed by atoms with E-state index in [0.717, 1.165) is 30.6 Å². The van der Waals surface area contributed by atoms with Gasteiger partial charge in [-0.05, 0) is 43.9 Å². The van der Waals surface area contributed by atoms with Gasteiger partial charge in [-0.2, -0.15) is 0 Å². The van der Waals surface area contributed by atoms with Crippen LogP contribution >= 0.6 is 11.6 Å². The first-order chi connectivity index (χ1) is 19.3. The molecular weight excluding hydrogens is 566 g/mol. The fourth-order valence-corrected chi connectivity index (χ4v) is 5.54. The summed E-state index contributed by atoms with van der Waals surface area (Å²) in [4.78, 5) is 63.0. The Bertz CT molecular complexity index is 1210. The number of hydrogen-bond acceptors (Lipinski definition) is 7. The molecule has 2 aliphatic heterocycles. The van der Waals surface area contributed by atoms with Crippen LogP contribution in [0.1, 0.15) is 62.7 Å². The van der Waals surface area contributed by atoms with Gasteiger partial charge in [0, 0.05) is 18.9 Å². The topological polar surface area (TPSA) is 143 Å². The van der Waals surface area contributed by atoms with Gasteiger partial charge in [-0.15, -0.1) is 0 Å². The summed E-state index contributed by atoms with van der Waals surface area (Å²) in [5, 5.41) is 7.59. The molecular formula is C27H33ClF2N4O7. The van der Waals surface area contributed by atoms with E-state index >= 15 is 0 Å². The van der Waals surface area contributed by atoms with Crippen molar-refractivity contribution in [3.63, 3.8) is 0 Å². The van der Waals surface area contributed by atoms with Crippen molar-refractivity contribution in [1.82, 2.24) is 15.5 Å². The highest BCUT2D eigenvalue weighted by Gasteiger charge is 2.51. The third-order valence-electron chi connectivity index (χ3n) is 7.38. The number of anilines is 1. The number of nitrogens with one attached hydrogen (secondary N) is 3. The maximum atomic E-state index is 14.5. The Kier molecular flexibility index (Phi) is 9.48. The van der Waals surface area contributed by atoms with Gasteiger partial charge in [-0.1, -0.05) is 24.4 Å². The van der Waals surface area contributed by atoms with E-state index in [4.69, 9.17) is 21.1 Å². The number of esters is 1. The van der Waals surface area contributed by atoms with Crippen LogP contribution in [0.3, 0.4) is 0 Å². The first kappa shape index (κ1) is 30.6. The molecule has 1 aliphatic carbocycles. The molecule has 2 unspecified atom stereocenters. The summed E-state index contributed by atoms with van der Waals surface area (Å²) in [6.07, 6.45) is 2.03. The monoisotopic (exact) mass is 598 g/mol. The Morgan fingerprint density at radius 3 is 2.59 bits per heavy atom. The van der Waals surface area contributed by atoms with Crippen LogP contribution in [-0.2, 0) is 28.7 Å². The lowest BCUT2D eigenvalue weighted by atomic mass is 10.1. The fraction of sp³-hybridized carbons (Fsp3) is 0.593. The van der Waals surface area contributed by atoms with E-state index in [-0.39, 0.29) is 28.6 Å². The molecule has 1 aromatic rings. The molecule has 4 atom stereocenters. The highest BCUT2D eigenvalue weighted by atomic mass is 35.5. The molecule has 0 radical (unpaired) electrons. The average Bonchev–Trinajstić information content (AvgIpc) is 3.61. The number of ether oxygens (including phenoxy) is 2. The molecule has 2 saturated heterocycles. The molecule has 3 fully saturated rings. The second kappa shape index (κ2) is 12.7. The van der Waals surface area contributed by atoms with Crippen LogP contribution in [0.4, 0.5) is 14.5 Å². The van der Waals surface area contributed by atoms with E-state index < -0.39 is 67.0 Å². The number of cyclic esters (lactones) is 1. The molecule has 14 heteroatoms. The lowest BCUT2D eigenvalue weighted by molar-refractivity contribution is -0.168. The Hall–Kier alpha value is -3.32. The van der Waals surface area contributed by atoms with E-state index in [1.165, 1.54) is 32.0 Å². The summed E-state index contributed by atoms with van der Waals surface area (Å²) >= 11 is 6.11. The lowest BCUT2D eigenvalue weighted by Gasteiger charge is -2.28. The Labute approximate surface area is 240 Å². The number of likely N-dealkylation sites (tertiary alicyclic amines) is 1. The highest BCUT2D eigenvalue weighted by molar-refractivity contribution is 6.34. The average molecular weight is 599 g/mol. The van der Waals surface area contributed by atoms with E-state index in [2.05, 4.69) is 16.0 Å². The van der Waals surface area contributed by atoms with Crippen LogP contribution in [0.5, 0.6) is 0 Å². The number of alkyl halides is 2. The number of halogens is 3. The van der Waals surface area contributed by atoms with Gasteiger partial charge in [0.05, 0.1) is 30.3 Å². The first-order valence-corrected chi connectivity index (χ1v) is 13.9. The molecule has 2 heterocycles. The zero-order valence-electron chi connectivity index (χ0n) is 22.7. The van der Waals surface area contributed by atoms with Crippen molar-refractivity contribution >= 4 is 46.9 Å². The number of rotatable bonds is 9. The van der Waals surface area contributed by atoms with Crippen molar-refractivity contribution in [3.8, 4) is 0 Å². The minimum Gasteiger partial charge on any atom is -0.433 e. The zero-order chi connectivity index (χ0) is 29.9. The van der Waals surface area contributed by atoms with Crippen LogP contribution in [0.15, 0.2) is 18.2 Å². The van der Waals surface area contributed by atoms with Gasteiger partial charge in [0.15, 0.2) is 0 Å². The molecule has 3 N–H and O–H groups in total. The number of amides is 4. The maximum Gasteiger partial charge on any atom is 0.310 e. The lowest BCUT2D eigenvalue weighted by Crippen LogP contribution is -2.54. The van der Waals surface area contributed by atoms with Crippen LogP contribution in [0.2, 0.25) is 5.02 Å². The van der Waals surface area contributed by atoms with Crippen LogP contribution in [0.25, 0.3) is 0 Å². The standard InChI is InChI=1S/C27H33ClF2N4O7/c1-14(31-23(37)17-7-8-19(18(28)9-17)32-15(2)35)25(39)34-13-27(29,30)11-21(34)24(38)33-20-10-22(36)41-26(20)40-12-16-5-3-4-6-16/h7-9,14,16,20-21,26H,3-6,10-13H2,1-2H3,(H,31,37)(H,32,35)(H,33,38)/t14-,20?,21-,26?/m0/s1. The predicted octanol–water partition coefficient (Wildman–Crippen LogP) is 2.62. The van der Waals surface area contributed by atoms with Crippen LogP contribution < -0.4 is 16.0 Å². The molecule has 4 amide bonds. The third kappa shape index (κ3) is 7.70. The molecule has 0 bridgehead atoms. The van der Waals surface area contributed by atoms with Gasteiger partial charge >= 0.3 is 5.97 Å². The summed E-state index contributed by atoms with van der Waals surface area (Å²) < 4.78 is 39.9. The number of hydrogen-bond donors (Lipinski definition) is 3. The van der Waals surface area contributed by atoms with Gasteiger partial charge < -0.3 is 30.3 Å². The molecule has 0 spiro atoms. The summed E-state index contributed by atoms with van der Waals surface area (Å²) in [5.74, 6) is -6.42. The largest absolute Gasteiger partial charge is 0.433 e. The third-order valence-corrected chi connectivity index (χ3v) is 7.69. The van der Waals surface area contributed by atoms with Crippen molar-refractivity contribution < 1.29 is 42.2 Å². The number of nitrogens with zero attached hydrogens (tertiary/aromatic N) is 1. The summed E-state index contributed by atoms with van der Waals surface area (Å²) in [6.45, 7) is 1.96. The van der Waals surface area contributed by atoms with E-state index in [1.54, 1.807) is 0 Å². The first-order valence-electron chi connectivity index (χ1n) is 13.5. The van der Waals surface area contributed by atoms with Crippen molar-refractivity contribution in [1.29, 1.82) is 0 Å². The summed E-state index contributed by atoms with van der Waals surface area (Å²) in [5.41, 5.74) is 0.355. The van der Waals surface area contributed by atoms with Gasteiger partial charge in [0.1, 0.15) is 18.1 Å². The van der Waals surface area contributed by atoms with E-state index in [9.17, 15) is 32.8 Å². The van der Waals surface area contributed by atoms with E-state index in [0.29, 0.717) is 12.5 Å². The quantitative estimate of drug-likeness (QED) is 0.371. The minimum atomic E-state index is -3.34. The predicted molar refractivity (Wildman–Crippen MR) is 142 cm³/mol. The van der Waals surface area contributed by atoms with Crippen LogP contribution in [0, 0.1) is 5.92 Å². The second-order valence-electron chi connectivity index (χ2n) is 10.8.